The average molecular weight is 395 g/mol. The molecule has 0 unspecified atom stereocenters. The quantitative estimate of drug-likeness (QED) is 0.411. The van der Waals surface area contributed by atoms with E-state index in [9.17, 15) is 4.39 Å². The lowest BCUT2D eigenvalue weighted by molar-refractivity contribution is 0.410. The highest BCUT2D eigenvalue weighted by Gasteiger charge is 2.17. The number of methoxy groups -OCH3 is 1. The fourth-order valence-electron chi connectivity index (χ4n) is 2.89. The van der Waals surface area contributed by atoms with Gasteiger partial charge in [-0.15, -0.1) is 10.2 Å². The molecule has 2 aromatic heterocycles. The molecule has 0 fully saturated rings. The molecule has 142 valence electrons. The summed E-state index contributed by atoms with van der Waals surface area (Å²) in [5.41, 5.74) is 1.89. The van der Waals surface area contributed by atoms with Gasteiger partial charge in [0.05, 0.1) is 19.9 Å². The highest BCUT2D eigenvalue weighted by Crippen LogP contribution is 2.30. The van der Waals surface area contributed by atoms with Crippen LogP contribution in [0, 0.1) is 5.82 Å². The van der Waals surface area contributed by atoms with Gasteiger partial charge < -0.3 is 9.15 Å². The summed E-state index contributed by atoms with van der Waals surface area (Å²) in [6.45, 7) is 0.604. The maximum absolute atomic E-state index is 13.7. The Balaban J connectivity index is 1.64. The van der Waals surface area contributed by atoms with Crippen LogP contribution in [0.25, 0.3) is 11.6 Å². The third kappa shape index (κ3) is 3.94. The van der Waals surface area contributed by atoms with E-state index in [2.05, 4.69) is 22.3 Å². The standard InChI is InChI=1S/C21H18FN3O2S/c1-26-18-10-9-17(22)12-16(18)14-28-21-24-23-20(19-8-5-11-27-19)25(21)13-15-6-3-2-4-7-15/h2-12H,13-14H2,1H3. The first-order valence-electron chi connectivity index (χ1n) is 8.71. The second-order valence-corrected chi connectivity index (χ2v) is 7.04. The van der Waals surface area contributed by atoms with Gasteiger partial charge in [0.15, 0.2) is 10.9 Å². The summed E-state index contributed by atoms with van der Waals surface area (Å²) < 4.78 is 26.5. The molecular weight excluding hydrogens is 377 g/mol. The zero-order chi connectivity index (χ0) is 19.3. The smallest absolute Gasteiger partial charge is 0.200 e. The first kappa shape index (κ1) is 18.3. The van der Waals surface area contributed by atoms with E-state index in [4.69, 9.17) is 9.15 Å². The topological polar surface area (TPSA) is 53.1 Å². The number of hydrogen-bond donors (Lipinski definition) is 0. The number of benzene rings is 2. The van der Waals surface area contributed by atoms with Crippen LogP contribution < -0.4 is 4.74 Å². The van der Waals surface area contributed by atoms with Crippen LogP contribution in [0.15, 0.2) is 76.5 Å². The number of ether oxygens (including phenoxy) is 1. The lowest BCUT2D eigenvalue weighted by Gasteiger charge is -2.11. The van der Waals surface area contributed by atoms with Gasteiger partial charge in [0.2, 0.25) is 5.82 Å². The van der Waals surface area contributed by atoms with Gasteiger partial charge in [0.1, 0.15) is 11.6 Å². The van der Waals surface area contributed by atoms with Crippen molar-refractivity contribution in [2.75, 3.05) is 7.11 Å². The van der Waals surface area contributed by atoms with Crippen molar-refractivity contribution >= 4 is 11.8 Å². The van der Waals surface area contributed by atoms with Crippen molar-refractivity contribution in [3.05, 3.63) is 83.9 Å². The fourth-order valence-corrected chi connectivity index (χ4v) is 3.81. The summed E-state index contributed by atoms with van der Waals surface area (Å²) in [5.74, 6) is 2.17. The number of rotatable bonds is 7. The van der Waals surface area contributed by atoms with Gasteiger partial charge >= 0.3 is 0 Å². The van der Waals surface area contributed by atoms with Crippen molar-refractivity contribution in [3.63, 3.8) is 0 Å². The van der Waals surface area contributed by atoms with E-state index in [1.807, 2.05) is 34.9 Å². The van der Waals surface area contributed by atoms with E-state index in [1.165, 1.54) is 23.9 Å². The zero-order valence-electron chi connectivity index (χ0n) is 15.2. The molecule has 5 nitrogen and oxygen atoms in total. The molecule has 0 N–H and O–H groups in total. The molecule has 28 heavy (non-hydrogen) atoms. The number of hydrogen-bond acceptors (Lipinski definition) is 5. The third-order valence-electron chi connectivity index (χ3n) is 4.24. The zero-order valence-corrected chi connectivity index (χ0v) is 16.0. The minimum Gasteiger partial charge on any atom is -0.496 e. The summed E-state index contributed by atoms with van der Waals surface area (Å²) in [4.78, 5) is 0. The fraction of sp³-hybridized carbons (Fsp3) is 0.143. The number of aromatic nitrogens is 3. The van der Waals surface area contributed by atoms with Crippen LogP contribution >= 0.6 is 11.8 Å². The third-order valence-corrected chi connectivity index (χ3v) is 5.26. The minimum atomic E-state index is -0.293. The second-order valence-electron chi connectivity index (χ2n) is 6.10. The summed E-state index contributed by atoms with van der Waals surface area (Å²) in [6, 6.07) is 18.3. The lowest BCUT2D eigenvalue weighted by atomic mass is 10.2. The van der Waals surface area contributed by atoms with Crippen LogP contribution in [0.4, 0.5) is 4.39 Å². The average Bonchev–Trinajstić information content (AvgIpc) is 3.37. The van der Waals surface area contributed by atoms with E-state index in [0.29, 0.717) is 29.6 Å². The molecule has 0 aliphatic carbocycles. The van der Waals surface area contributed by atoms with Crippen molar-refractivity contribution in [2.24, 2.45) is 0 Å². The van der Waals surface area contributed by atoms with E-state index < -0.39 is 0 Å². The molecular formula is C21H18FN3O2S. The maximum Gasteiger partial charge on any atom is 0.200 e. The molecule has 0 atom stereocenters. The summed E-state index contributed by atoms with van der Waals surface area (Å²) in [5, 5.41) is 9.39. The minimum absolute atomic E-state index is 0.293. The highest BCUT2D eigenvalue weighted by molar-refractivity contribution is 7.98. The predicted octanol–water partition coefficient (Wildman–Crippen LogP) is 5.03. The van der Waals surface area contributed by atoms with E-state index in [0.717, 1.165) is 16.3 Å². The summed E-state index contributed by atoms with van der Waals surface area (Å²) >= 11 is 1.48. The molecule has 0 spiro atoms. The van der Waals surface area contributed by atoms with Gasteiger partial charge in [-0.25, -0.2) is 4.39 Å². The monoisotopic (exact) mass is 395 g/mol. The van der Waals surface area contributed by atoms with Crippen molar-refractivity contribution < 1.29 is 13.5 Å². The van der Waals surface area contributed by atoms with Crippen molar-refractivity contribution in [2.45, 2.75) is 17.5 Å². The Morgan fingerprint density at radius 3 is 2.68 bits per heavy atom. The van der Waals surface area contributed by atoms with E-state index in [1.54, 1.807) is 19.4 Å². The number of nitrogens with zero attached hydrogens (tertiary/aromatic N) is 3. The van der Waals surface area contributed by atoms with E-state index >= 15 is 0 Å². The molecule has 2 aromatic carbocycles. The van der Waals surface area contributed by atoms with Gasteiger partial charge in [-0.3, -0.25) is 4.57 Å². The first-order valence-corrected chi connectivity index (χ1v) is 9.69. The van der Waals surface area contributed by atoms with Crippen LogP contribution in [0.5, 0.6) is 5.75 Å². The van der Waals surface area contributed by atoms with Crippen LogP contribution in [-0.2, 0) is 12.3 Å². The number of halogens is 1. The van der Waals surface area contributed by atoms with Gasteiger partial charge in [0, 0.05) is 11.3 Å². The van der Waals surface area contributed by atoms with Crippen LogP contribution in [-0.4, -0.2) is 21.9 Å². The SMILES string of the molecule is COc1ccc(F)cc1CSc1nnc(-c2ccco2)n1Cc1ccccc1. The molecule has 0 saturated heterocycles. The molecule has 4 aromatic rings. The summed E-state index contributed by atoms with van der Waals surface area (Å²) in [6.07, 6.45) is 1.61. The predicted molar refractivity (Wildman–Crippen MR) is 106 cm³/mol. The lowest BCUT2D eigenvalue weighted by Crippen LogP contribution is -2.04. The molecule has 0 radical (unpaired) electrons. The summed E-state index contributed by atoms with van der Waals surface area (Å²) in [7, 11) is 1.58. The van der Waals surface area contributed by atoms with Crippen LogP contribution in [0.3, 0.4) is 0 Å². The Labute approximate surface area is 166 Å². The molecule has 4 rings (SSSR count). The molecule has 2 heterocycles. The number of furan rings is 1. The van der Waals surface area contributed by atoms with Gasteiger partial charge in [-0.1, -0.05) is 42.1 Å². The van der Waals surface area contributed by atoms with Crippen LogP contribution in [0.2, 0.25) is 0 Å². The molecule has 0 saturated carbocycles. The normalized spacial score (nSPS) is 10.9. The Bertz CT molecular complexity index is 1050. The molecule has 0 aliphatic rings. The highest BCUT2D eigenvalue weighted by atomic mass is 32.2. The Morgan fingerprint density at radius 1 is 1.07 bits per heavy atom. The second kappa shape index (κ2) is 8.31. The van der Waals surface area contributed by atoms with Crippen molar-refractivity contribution in [3.8, 4) is 17.3 Å². The van der Waals surface area contributed by atoms with Gasteiger partial charge in [-0.2, -0.15) is 0 Å². The largest absolute Gasteiger partial charge is 0.496 e. The number of thioether (sulfide) groups is 1. The molecule has 0 amide bonds. The van der Waals surface area contributed by atoms with Crippen molar-refractivity contribution in [1.29, 1.82) is 0 Å². The molecule has 0 aliphatic heterocycles. The van der Waals surface area contributed by atoms with Crippen LogP contribution in [0.1, 0.15) is 11.1 Å². The Hall–Kier alpha value is -3.06. The Morgan fingerprint density at radius 2 is 1.93 bits per heavy atom. The van der Waals surface area contributed by atoms with Gasteiger partial charge in [-0.05, 0) is 35.9 Å². The van der Waals surface area contributed by atoms with E-state index in [-0.39, 0.29) is 5.82 Å². The molecule has 7 heteroatoms. The van der Waals surface area contributed by atoms with Crippen molar-refractivity contribution in [1.82, 2.24) is 14.8 Å². The van der Waals surface area contributed by atoms with Gasteiger partial charge in [0.25, 0.3) is 0 Å². The Kier molecular flexibility index (Phi) is 5.43. The molecule has 0 bridgehead atoms. The first-order chi connectivity index (χ1) is 13.7. The maximum atomic E-state index is 13.7.